The van der Waals surface area contributed by atoms with E-state index in [0.29, 0.717) is 25.9 Å². The Kier molecular flexibility index (Phi) is 7.24. The molecule has 3 N–H and O–H groups in total. The lowest BCUT2D eigenvalue weighted by Crippen LogP contribution is -2.46. The lowest BCUT2D eigenvalue weighted by Gasteiger charge is -2.33. The van der Waals surface area contributed by atoms with Crippen molar-refractivity contribution in [1.29, 1.82) is 0 Å². The van der Waals surface area contributed by atoms with Crippen LogP contribution in [0, 0.1) is 5.92 Å². The van der Waals surface area contributed by atoms with Gasteiger partial charge in [0.1, 0.15) is 6.04 Å². The first kappa shape index (κ1) is 19.8. The number of benzene rings is 1. The first-order chi connectivity index (χ1) is 13.1. The predicted molar refractivity (Wildman–Crippen MR) is 106 cm³/mol. The molecule has 2 heterocycles. The van der Waals surface area contributed by atoms with Gasteiger partial charge in [-0.15, -0.1) is 0 Å². The Balaban J connectivity index is 1.36. The van der Waals surface area contributed by atoms with Crippen LogP contribution >= 0.6 is 0 Å². The smallest absolute Gasteiger partial charge is 0.244 e. The third-order valence-electron chi connectivity index (χ3n) is 5.75. The second kappa shape index (κ2) is 9.85. The average Bonchev–Trinajstić information content (AvgIpc) is 3.24. The highest BCUT2D eigenvalue weighted by atomic mass is 16.2. The molecular weight excluding hydrogens is 340 g/mol. The molecule has 6 nitrogen and oxygen atoms in total. The third kappa shape index (κ3) is 5.53. The maximum absolute atomic E-state index is 12.6. The van der Waals surface area contributed by atoms with E-state index in [9.17, 15) is 9.59 Å². The average molecular weight is 373 g/mol. The Morgan fingerprint density at radius 1 is 1.07 bits per heavy atom. The molecule has 1 unspecified atom stereocenters. The van der Waals surface area contributed by atoms with Gasteiger partial charge in [-0.25, -0.2) is 0 Å². The van der Waals surface area contributed by atoms with E-state index in [4.69, 9.17) is 5.73 Å². The Morgan fingerprint density at radius 2 is 1.74 bits per heavy atom. The van der Waals surface area contributed by atoms with Crippen LogP contribution in [0.1, 0.15) is 43.7 Å². The molecule has 2 aliphatic heterocycles. The minimum absolute atomic E-state index is 0.00814. The molecule has 1 atom stereocenters. The quantitative estimate of drug-likeness (QED) is 0.712. The van der Waals surface area contributed by atoms with Crippen LogP contribution in [-0.2, 0) is 9.59 Å². The number of nitrogens with one attached hydrogen (secondary N) is 1. The fraction of sp³-hybridized carbons (Fsp3) is 0.619. The summed E-state index contributed by atoms with van der Waals surface area (Å²) < 4.78 is 0. The van der Waals surface area contributed by atoms with Gasteiger partial charge in [-0.05, 0) is 57.3 Å². The number of carbonyl (C=O) groups excluding carboxylic acids is 2. The molecule has 3 rings (SSSR count). The molecule has 2 fully saturated rings. The van der Waals surface area contributed by atoms with Crippen LogP contribution in [-0.4, -0.2) is 60.9 Å². The molecule has 2 amide bonds. The molecule has 148 valence electrons. The Morgan fingerprint density at radius 3 is 2.41 bits per heavy atom. The highest BCUT2D eigenvalue weighted by Crippen LogP contribution is 2.21. The van der Waals surface area contributed by atoms with Gasteiger partial charge >= 0.3 is 0 Å². The van der Waals surface area contributed by atoms with Crippen LogP contribution in [0.3, 0.4) is 0 Å². The lowest BCUT2D eigenvalue weighted by atomic mass is 9.95. The first-order valence-corrected chi connectivity index (χ1v) is 10.2. The molecule has 0 spiro atoms. The van der Waals surface area contributed by atoms with Crippen LogP contribution in [0.4, 0.5) is 0 Å². The summed E-state index contributed by atoms with van der Waals surface area (Å²) >= 11 is 0. The van der Waals surface area contributed by atoms with E-state index < -0.39 is 6.04 Å². The maximum Gasteiger partial charge on any atom is 0.244 e. The van der Waals surface area contributed by atoms with E-state index in [1.54, 1.807) is 4.90 Å². The molecule has 0 radical (unpaired) electrons. The summed E-state index contributed by atoms with van der Waals surface area (Å²) in [7, 11) is 0. The van der Waals surface area contributed by atoms with Crippen molar-refractivity contribution in [3.8, 4) is 0 Å². The summed E-state index contributed by atoms with van der Waals surface area (Å²) in [5.41, 5.74) is 6.96. The van der Waals surface area contributed by atoms with Gasteiger partial charge in [-0.3, -0.25) is 9.59 Å². The summed E-state index contributed by atoms with van der Waals surface area (Å²) in [5, 5.41) is 3.08. The van der Waals surface area contributed by atoms with Crippen molar-refractivity contribution in [3.63, 3.8) is 0 Å². The van der Waals surface area contributed by atoms with Crippen molar-refractivity contribution in [2.75, 3.05) is 39.3 Å². The van der Waals surface area contributed by atoms with E-state index in [0.717, 1.165) is 25.1 Å². The number of nitrogens with two attached hydrogens (primary N) is 1. The minimum atomic E-state index is -0.623. The molecular formula is C21H32N4O2. The number of piperidine rings is 1. The molecule has 0 saturated carbocycles. The van der Waals surface area contributed by atoms with Crippen molar-refractivity contribution < 1.29 is 9.59 Å². The molecule has 2 saturated heterocycles. The van der Waals surface area contributed by atoms with E-state index in [-0.39, 0.29) is 17.7 Å². The van der Waals surface area contributed by atoms with Crippen LogP contribution < -0.4 is 11.1 Å². The third-order valence-corrected chi connectivity index (χ3v) is 5.75. The van der Waals surface area contributed by atoms with Crippen molar-refractivity contribution in [1.82, 2.24) is 15.1 Å². The van der Waals surface area contributed by atoms with Gasteiger partial charge in [-0.2, -0.15) is 0 Å². The second-order valence-electron chi connectivity index (χ2n) is 7.68. The van der Waals surface area contributed by atoms with E-state index >= 15 is 0 Å². The van der Waals surface area contributed by atoms with Crippen LogP contribution in [0.2, 0.25) is 0 Å². The summed E-state index contributed by atoms with van der Waals surface area (Å²) in [6, 6.07) is 8.83. The largest absolute Gasteiger partial charge is 0.356 e. The normalized spacial score (nSPS) is 19.8. The number of nitrogens with zero attached hydrogens (tertiary/aromatic N) is 2. The number of hydrogen-bond acceptors (Lipinski definition) is 4. The van der Waals surface area contributed by atoms with Gasteiger partial charge < -0.3 is 20.9 Å². The zero-order valence-corrected chi connectivity index (χ0v) is 16.1. The van der Waals surface area contributed by atoms with Crippen molar-refractivity contribution in [2.24, 2.45) is 11.7 Å². The summed E-state index contributed by atoms with van der Waals surface area (Å²) in [6.45, 7) is 5.42. The van der Waals surface area contributed by atoms with Gasteiger partial charge in [0.15, 0.2) is 0 Å². The zero-order chi connectivity index (χ0) is 19.1. The monoisotopic (exact) mass is 372 g/mol. The SMILES string of the molecule is NC(C(=O)N1CCC(C(=O)NCCCN2CCCC2)CC1)c1ccccc1. The number of hydrogen-bond donors (Lipinski definition) is 2. The molecule has 27 heavy (non-hydrogen) atoms. The fourth-order valence-corrected chi connectivity index (χ4v) is 4.03. The number of rotatable bonds is 7. The topological polar surface area (TPSA) is 78.7 Å². The van der Waals surface area contributed by atoms with Crippen molar-refractivity contribution in [2.45, 2.75) is 38.1 Å². The van der Waals surface area contributed by atoms with Gasteiger partial charge in [-0.1, -0.05) is 30.3 Å². The molecule has 0 aliphatic carbocycles. The molecule has 2 aliphatic rings. The zero-order valence-electron chi connectivity index (χ0n) is 16.1. The molecule has 1 aromatic carbocycles. The Labute approximate surface area is 162 Å². The van der Waals surface area contributed by atoms with Gasteiger partial charge in [0, 0.05) is 25.6 Å². The standard InChI is InChI=1S/C21H32N4O2/c22-19(17-7-2-1-3-8-17)21(27)25-15-9-18(10-16-25)20(26)23-11-6-14-24-12-4-5-13-24/h1-3,7-8,18-19H,4-6,9-16,22H2,(H,23,26). The first-order valence-electron chi connectivity index (χ1n) is 10.2. The molecule has 0 bridgehead atoms. The molecule has 6 heteroatoms. The summed E-state index contributed by atoms with van der Waals surface area (Å²) in [5.74, 6) is 0.0929. The van der Waals surface area contributed by atoms with E-state index in [1.165, 1.54) is 25.9 Å². The number of carbonyl (C=O) groups is 2. The van der Waals surface area contributed by atoms with Gasteiger partial charge in [0.2, 0.25) is 11.8 Å². The van der Waals surface area contributed by atoms with Crippen LogP contribution in [0.15, 0.2) is 30.3 Å². The maximum atomic E-state index is 12.6. The lowest BCUT2D eigenvalue weighted by molar-refractivity contribution is -0.136. The predicted octanol–water partition coefficient (Wildman–Crippen LogP) is 1.53. The van der Waals surface area contributed by atoms with E-state index in [1.807, 2.05) is 30.3 Å². The Bertz CT molecular complexity index is 608. The number of likely N-dealkylation sites (tertiary alicyclic amines) is 2. The highest BCUT2D eigenvalue weighted by molar-refractivity contribution is 5.84. The van der Waals surface area contributed by atoms with Crippen molar-refractivity contribution in [3.05, 3.63) is 35.9 Å². The summed E-state index contributed by atoms with van der Waals surface area (Å²) in [6.07, 6.45) is 5.04. The molecule has 1 aromatic rings. The van der Waals surface area contributed by atoms with Crippen molar-refractivity contribution >= 4 is 11.8 Å². The molecule has 0 aromatic heterocycles. The fourth-order valence-electron chi connectivity index (χ4n) is 4.03. The summed E-state index contributed by atoms with van der Waals surface area (Å²) in [4.78, 5) is 29.2. The second-order valence-corrected chi connectivity index (χ2v) is 7.68. The van der Waals surface area contributed by atoms with Crippen LogP contribution in [0.5, 0.6) is 0 Å². The van der Waals surface area contributed by atoms with E-state index in [2.05, 4.69) is 10.2 Å². The van der Waals surface area contributed by atoms with Gasteiger partial charge in [0.25, 0.3) is 0 Å². The van der Waals surface area contributed by atoms with Crippen LogP contribution in [0.25, 0.3) is 0 Å². The Hall–Kier alpha value is -1.92. The highest BCUT2D eigenvalue weighted by Gasteiger charge is 2.29. The number of amides is 2. The van der Waals surface area contributed by atoms with Gasteiger partial charge in [0.05, 0.1) is 0 Å². The minimum Gasteiger partial charge on any atom is -0.356 e.